The van der Waals surface area contributed by atoms with E-state index in [2.05, 4.69) is 25.9 Å². The molecule has 4 rings (SSSR count). The molecule has 43 heavy (non-hydrogen) atoms. The Morgan fingerprint density at radius 2 is 1.79 bits per heavy atom. The minimum Gasteiger partial charge on any atom is -0.480 e. The van der Waals surface area contributed by atoms with Gasteiger partial charge in [0.25, 0.3) is 5.91 Å². The van der Waals surface area contributed by atoms with E-state index in [4.69, 9.17) is 4.74 Å². The van der Waals surface area contributed by atoms with Crippen molar-refractivity contribution < 1.29 is 29.0 Å². The van der Waals surface area contributed by atoms with Crippen LogP contribution in [0.25, 0.3) is 11.0 Å². The number of imidazole rings is 1. The number of H-pyrrole nitrogens is 1. The number of benzene rings is 2. The van der Waals surface area contributed by atoms with Crippen molar-refractivity contribution in [3.63, 3.8) is 0 Å². The van der Waals surface area contributed by atoms with Crippen LogP contribution in [-0.4, -0.2) is 69.2 Å². The van der Waals surface area contributed by atoms with Gasteiger partial charge in [-0.2, -0.15) is 0 Å². The van der Waals surface area contributed by atoms with E-state index in [0.29, 0.717) is 24.4 Å². The lowest BCUT2D eigenvalue weighted by molar-refractivity contribution is -0.139. The number of fused-ring (bicyclic) bond motifs is 1. The highest BCUT2D eigenvalue weighted by Crippen LogP contribution is 2.19. The number of ether oxygens (including phenoxy) is 1. The van der Waals surface area contributed by atoms with Crippen molar-refractivity contribution in [2.45, 2.75) is 77.0 Å². The summed E-state index contributed by atoms with van der Waals surface area (Å²) >= 11 is 0. The van der Waals surface area contributed by atoms with E-state index >= 15 is 0 Å². The van der Waals surface area contributed by atoms with Crippen LogP contribution < -0.4 is 16.0 Å². The van der Waals surface area contributed by atoms with Crippen molar-refractivity contribution in [1.82, 2.24) is 30.8 Å². The SMILES string of the molecule is CCCCOC(=O)NC(CNC(=O)c1ccc(CN(Cc2nc3ccccc3[nH]2)C(=O)NC2CCCCC2)cc1)C(=O)O. The number of alkyl carbamates (subject to hydrolysis) is 1. The second-order valence-corrected chi connectivity index (χ2v) is 10.8. The third kappa shape index (κ3) is 9.45. The Labute approximate surface area is 250 Å². The molecule has 0 bridgehead atoms. The van der Waals surface area contributed by atoms with Crippen molar-refractivity contribution in [3.05, 3.63) is 65.5 Å². The normalized spacial score (nSPS) is 14.1. The highest BCUT2D eigenvalue weighted by Gasteiger charge is 2.23. The van der Waals surface area contributed by atoms with Crippen LogP contribution >= 0.6 is 0 Å². The van der Waals surface area contributed by atoms with E-state index in [1.54, 1.807) is 29.2 Å². The zero-order valence-electron chi connectivity index (χ0n) is 24.4. The first-order chi connectivity index (χ1) is 20.8. The number of carboxylic acid groups (broad SMARTS) is 1. The number of carbonyl (C=O) groups is 4. The summed E-state index contributed by atoms with van der Waals surface area (Å²) in [6.45, 7) is 2.39. The molecule has 0 radical (unpaired) electrons. The van der Waals surface area contributed by atoms with Crippen molar-refractivity contribution in [2.24, 2.45) is 0 Å². The van der Waals surface area contributed by atoms with E-state index < -0.39 is 24.0 Å². The fourth-order valence-electron chi connectivity index (χ4n) is 4.95. The van der Waals surface area contributed by atoms with Crippen LogP contribution in [0.4, 0.5) is 9.59 Å². The van der Waals surface area contributed by atoms with Gasteiger partial charge in [0, 0.05) is 24.7 Å². The molecular weight excluding hydrogens is 552 g/mol. The van der Waals surface area contributed by atoms with E-state index in [1.165, 1.54) is 6.42 Å². The Balaban J connectivity index is 1.37. The number of hydrogen-bond acceptors (Lipinski definition) is 6. The Morgan fingerprint density at radius 3 is 2.49 bits per heavy atom. The number of aliphatic carboxylic acids is 1. The van der Waals surface area contributed by atoms with E-state index in [0.717, 1.165) is 48.7 Å². The Hall–Kier alpha value is -4.61. The molecule has 230 valence electrons. The van der Waals surface area contributed by atoms with E-state index in [9.17, 15) is 24.3 Å². The highest BCUT2D eigenvalue weighted by molar-refractivity contribution is 5.94. The number of para-hydroxylation sites is 2. The lowest BCUT2D eigenvalue weighted by Gasteiger charge is -2.28. The number of urea groups is 1. The van der Waals surface area contributed by atoms with Gasteiger partial charge in [-0.05, 0) is 49.1 Å². The summed E-state index contributed by atoms with van der Waals surface area (Å²) in [6, 6.07) is 13.1. The summed E-state index contributed by atoms with van der Waals surface area (Å²) < 4.78 is 4.95. The maximum Gasteiger partial charge on any atom is 0.407 e. The van der Waals surface area contributed by atoms with Crippen LogP contribution in [0.5, 0.6) is 0 Å². The summed E-state index contributed by atoms with van der Waals surface area (Å²) in [4.78, 5) is 59.1. The lowest BCUT2D eigenvalue weighted by Crippen LogP contribution is -2.48. The van der Waals surface area contributed by atoms with E-state index in [-0.39, 0.29) is 31.8 Å². The molecule has 1 saturated carbocycles. The smallest absolute Gasteiger partial charge is 0.407 e. The molecule has 12 nitrogen and oxygen atoms in total. The zero-order valence-corrected chi connectivity index (χ0v) is 24.4. The molecule has 12 heteroatoms. The molecule has 1 unspecified atom stereocenters. The molecule has 2 aromatic carbocycles. The van der Waals surface area contributed by atoms with Crippen molar-refractivity contribution in [2.75, 3.05) is 13.2 Å². The summed E-state index contributed by atoms with van der Waals surface area (Å²) in [6.07, 6.45) is 5.97. The topological polar surface area (TPSA) is 166 Å². The van der Waals surface area contributed by atoms with Crippen molar-refractivity contribution >= 4 is 35.0 Å². The average molecular weight is 593 g/mol. The number of aromatic amines is 1. The monoisotopic (exact) mass is 592 g/mol. The molecule has 5 N–H and O–H groups in total. The number of aromatic nitrogens is 2. The predicted molar refractivity (Wildman–Crippen MR) is 160 cm³/mol. The molecule has 1 atom stereocenters. The van der Waals surface area contributed by atoms with Crippen LogP contribution in [0.15, 0.2) is 48.5 Å². The standard InChI is InChI=1S/C31H40N6O6/c1-2-3-17-43-31(42)36-26(29(39)40)18-32-28(38)22-15-13-21(14-16-22)19-37(30(41)33-23-9-5-4-6-10-23)20-27-34-24-11-7-8-12-25(24)35-27/h7-8,11-16,23,26H,2-6,9-10,17-20H2,1H3,(H,32,38)(H,33,41)(H,34,35)(H,36,42)(H,39,40). The maximum atomic E-state index is 13.4. The minimum atomic E-state index is -1.34. The molecule has 1 heterocycles. The highest BCUT2D eigenvalue weighted by atomic mass is 16.5. The van der Waals surface area contributed by atoms with Crippen LogP contribution in [0.1, 0.15) is 73.6 Å². The van der Waals surface area contributed by atoms with Crippen molar-refractivity contribution in [1.29, 1.82) is 0 Å². The number of amides is 4. The number of nitrogens with one attached hydrogen (secondary N) is 4. The first-order valence-electron chi connectivity index (χ1n) is 14.8. The van der Waals surface area contributed by atoms with E-state index in [1.807, 2.05) is 31.2 Å². The second-order valence-electron chi connectivity index (χ2n) is 10.8. The molecule has 0 aliphatic heterocycles. The Morgan fingerprint density at radius 1 is 1.05 bits per heavy atom. The molecule has 3 aromatic rings. The van der Waals surface area contributed by atoms with Gasteiger partial charge in [-0.25, -0.2) is 19.4 Å². The molecule has 4 amide bonds. The fourth-order valence-corrected chi connectivity index (χ4v) is 4.95. The molecule has 1 aliphatic rings. The molecule has 1 aliphatic carbocycles. The second kappa shape index (κ2) is 15.6. The molecule has 1 fully saturated rings. The molecule has 1 aromatic heterocycles. The first kappa shape index (κ1) is 31.3. The largest absolute Gasteiger partial charge is 0.480 e. The zero-order chi connectivity index (χ0) is 30.6. The number of rotatable bonds is 13. The lowest BCUT2D eigenvalue weighted by atomic mass is 9.96. The number of nitrogens with zero attached hydrogens (tertiary/aromatic N) is 2. The van der Waals surface area contributed by atoms with Gasteiger partial charge in [-0.3, -0.25) is 4.79 Å². The quantitative estimate of drug-likeness (QED) is 0.184. The van der Waals surface area contributed by atoms with Gasteiger partial charge >= 0.3 is 18.1 Å². The van der Waals surface area contributed by atoms with Gasteiger partial charge in [0.1, 0.15) is 11.9 Å². The maximum absolute atomic E-state index is 13.4. The fraction of sp³-hybridized carbons (Fsp3) is 0.452. The van der Waals surface area contributed by atoms with Gasteiger partial charge < -0.3 is 35.7 Å². The van der Waals surface area contributed by atoms with Crippen LogP contribution in [0, 0.1) is 0 Å². The Kier molecular flexibility index (Phi) is 11.3. The van der Waals surface area contributed by atoms with Gasteiger partial charge in [-0.15, -0.1) is 0 Å². The summed E-state index contributed by atoms with van der Waals surface area (Å²) in [7, 11) is 0. The molecule has 0 spiro atoms. The predicted octanol–water partition coefficient (Wildman–Crippen LogP) is 4.32. The summed E-state index contributed by atoms with van der Waals surface area (Å²) in [5.74, 6) is -1.11. The third-order valence-corrected chi connectivity index (χ3v) is 7.38. The Bertz CT molecular complexity index is 1350. The van der Waals surface area contributed by atoms with Gasteiger partial charge in [0.15, 0.2) is 0 Å². The first-order valence-corrected chi connectivity index (χ1v) is 14.8. The van der Waals surface area contributed by atoms with Gasteiger partial charge in [0.2, 0.25) is 0 Å². The number of carboxylic acids is 1. The van der Waals surface area contributed by atoms with Gasteiger partial charge in [0.05, 0.1) is 24.2 Å². The van der Waals surface area contributed by atoms with Crippen molar-refractivity contribution in [3.8, 4) is 0 Å². The number of hydrogen-bond donors (Lipinski definition) is 5. The minimum absolute atomic E-state index is 0.146. The summed E-state index contributed by atoms with van der Waals surface area (Å²) in [5, 5.41) is 17.4. The average Bonchev–Trinajstić information content (AvgIpc) is 3.42. The third-order valence-electron chi connectivity index (χ3n) is 7.38. The van der Waals surface area contributed by atoms with Crippen LogP contribution in [0.3, 0.4) is 0 Å². The summed E-state index contributed by atoms with van der Waals surface area (Å²) in [5.41, 5.74) is 2.85. The van der Waals surface area contributed by atoms with Crippen LogP contribution in [-0.2, 0) is 22.6 Å². The molecular formula is C31H40N6O6. The van der Waals surface area contributed by atoms with Crippen LogP contribution in [0.2, 0.25) is 0 Å². The number of unbranched alkanes of at least 4 members (excludes halogenated alkanes) is 1. The molecule has 0 saturated heterocycles. The number of carbonyl (C=O) groups excluding carboxylic acids is 3. The van der Waals surface area contributed by atoms with Gasteiger partial charge in [-0.1, -0.05) is 56.9 Å².